The van der Waals surface area contributed by atoms with Gasteiger partial charge in [0.05, 0.1) is 6.61 Å². The molecule has 2 rings (SSSR count). The maximum absolute atomic E-state index is 12.7. The first-order valence-electron chi connectivity index (χ1n) is 11.2. The quantitative estimate of drug-likeness (QED) is 0.388. The van der Waals surface area contributed by atoms with Crippen molar-refractivity contribution in [3.05, 3.63) is 0 Å². The largest absolute Gasteiger partial charge is 0.394 e. The van der Waals surface area contributed by atoms with Gasteiger partial charge in [0.1, 0.15) is 19.0 Å². The third-order valence-electron chi connectivity index (χ3n) is 6.03. The van der Waals surface area contributed by atoms with Crippen molar-refractivity contribution < 1.29 is 29.3 Å². The van der Waals surface area contributed by atoms with Crippen LogP contribution >= 0.6 is 0 Å². The van der Waals surface area contributed by atoms with Crippen molar-refractivity contribution in [3.63, 3.8) is 0 Å². The molecule has 2 fully saturated rings. The summed E-state index contributed by atoms with van der Waals surface area (Å²) in [7, 11) is 1.52. The number of aliphatic hydroxyl groups is 2. The molecule has 3 atom stereocenters. The number of carbonyl (C=O) groups is 3. The maximum Gasteiger partial charge on any atom is 0.328 e. The number of carbonyl (C=O) groups excluding carboxylic acids is 3. The van der Waals surface area contributed by atoms with Gasteiger partial charge in [0.2, 0.25) is 0 Å². The van der Waals surface area contributed by atoms with Crippen molar-refractivity contribution in [1.82, 2.24) is 15.1 Å². The lowest BCUT2D eigenvalue weighted by Gasteiger charge is -2.36. The number of hydrogen-bond donors (Lipinski definition) is 3. The Kier molecular flexibility index (Phi) is 9.51. The van der Waals surface area contributed by atoms with Gasteiger partial charge in [-0.25, -0.2) is 9.59 Å². The lowest BCUT2D eigenvalue weighted by atomic mass is 9.87. The lowest BCUT2D eigenvalue weighted by Crippen LogP contribution is -2.60. The topological polar surface area (TPSA) is 119 Å². The number of rotatable bonds is 13. The summed E-state index contributed by atoms with van der Waals surface area (Å²) >= 11 is 0. The number of hydrogen-bond acceptors (Lipinski definition) is 6. The second kappa shape index (κ2) is 11.6. The zero-order valence-corrected chi connectivity index (χ0v) is 18.3. The van der Waals surface area contributed by atoms with Gasteiger partial charge in [-0.1, -0.05) is 58.3 Å². The molecule has 0 aromatic rings. The first-order chi connectivity index (χ1) is 14.3. The molecule has 4 amide bonds. The Morgan fingerprint density at radius 1 is 1.10 bits per heavy atom. The molecule has 0 aliphatic carbocycles. The fourth-order valence-corrected chi connectivity index (χ4v) is 4.07. The first-order valence-corrected chi connectivity index (χ1v) is 11.2. The number of nitrogens with one attached hydrogen (secondary N) is 1. The zero-order chi connectivity index (χ0) is 22.1. The Morgan fingerprint density at radius 2 is 1.70 bits per heavy atom. The summed E-state index contributed by atoms with van der Waals surface area (Å²) < 4.78 is 5.64. The molecule has 9 nitrogen and oxygen atoms in total. The number of nitrogens with zero attached hydrogens (tertiary/aromatic N) is 2. The Labute approximate surface area is 178 Å². The molecule has 0 aromatic carbocycles. The molecule has 2 aliphatic heterocycles. The third-order valence-corrected chi connectivity index (χ3v) is 6.03. The fourth-order valence-electron chi connectivity index (χ4n) is 4.07. The molecular weight excluding hydrogens is 390 g/mol. The minimum absolute atomic E-state index is 0.0178. The van der Waals surface area contributed by atoms with Crippen molar-refractivity contribution in [2.75, 3.05) is 20.3 Å². The van der Waals surface area contributed by atoms with E-state index in [1.807, 2.05) is 0 Å². The SMILES string of the molecule is CCCCCCCCCCCC(=O)[C@]1(O)C[C@H](N2CN(C)C(=O)NC2=O)O[C@@H]1CO. The summed E-state index contributed by atoms with van der Waals surface area (Å²) in [6, 6.07) is -1.17. The Bertz CT molecular complexity index is 601. The third kappa shape index (κ3) is 6.15. The average Bonchev–Trinajstić information content (AvgIpc) is 3.07. The van der Waals surface area contributed by atoms with Crippen molar-refractivity contribution in [2.45, 2.75) is 95.5 Å². The van der Waals surface area contributed by atoms with E-state index in [0.717, 1.165) is 19.3 Å². The van der Waals surface area contributed by atoms with Crippen LogP contribution in [0.4, 0.5) is 9.59 Å². The van der Waals surface area contributed by atoms with E-state index in [1.165, 1.54) is 49.0 Å². The van der Waals surface area contributed by atoms with Gasteiger partial charge in [0.15, 0.2) is 11.4 Å². The van der Waals surface area contributed by atoms with E-state index in [9.17, 15) is 24.6 Å². The monoisotopic (exact) mass is 427 g/mol. The molecule has 2 heterocycles. The normalized spacial score (nSPS) is 26.9. The van der Waals surface area contributed by atoms with Crippen LogP contribution in [0.25, 0.3) is 0 Å². The summed E-state index contributed by atoms with van der Waals surface area (Å²) in [5, 5.41) is 22.8. The molecule has 3 N–H and O–H groups in total. The Balaban J connectivity index is 1.80. The van der Waals surface area contributed by atoms with Crippen LogP contribution < -0.4 is 5.32 Å². The van der Waals surface area contributed by atoms with Gasteiger partial charge in [-0.15, -0.1) is 0 Å². The van der Waals surface area contributed by atoms with Crippen molar-refractivity contribution in [2.24, 2.45) is 0 Å². The van der Waals surface area contributed by atoms with Crippen molar-refractivity contribution >= 4 is 17.8 Å². The standard InChI is InChI=1S/C21H37N3O6/c1-3-4-5-6-7-8-9-10-11-12-16(26)21(29)13-18(30-17(21)14-25)24-15-23(2)19(27)22-20(24)28/h17-18,25,29H,3-15H2,1-2H3,(H,22,27,28)/t17-,18-,21-/m1/s1. The Morgan fingerprint density at radius 3 is 2.30 bits per heavy atom. The minimum Gasteiger partial charge on any atom is -0.394 e. The van der Waals surface area contributed by atoms with Crippen LogP contribution in [0, 0.1) is 0 Å². The van der Waals surface area contributed by atoms with Crippen LogP contribution in [0.5, 0.6) is 0 Å². The van der Waals surface area contributed by atoms with E-state index in [2.05, 4.69) is 12.2 Å². The summed E-state index contributed by atoms with van der Waals surface area (Å²) in [6.07, 6.45) is 8.21. The number of amides is 4. The van der Waals surface area contributed by atoms with Crippen LogP contribution in [0.1, 0.15) is 77.6 Å². The molecule has 30 heavy (non-hydrogen) atoms. The fraction of sp³-hybridized carbons (Fsp3) is 0.857. The number of unbranched alkanes of at least 4 members (excludes halogenated alkanes) is 8. The predicted octanol–water partition coefficient (Wildman–Crippen LogP) is 2.35. The van der Waals surface area contributed by atoms with Crippen LogP contribution in [0.15, 0.2) is 0 Å². The van der Waals surface area contributed by atoms with E-state index >= 15 is 0 Å². The predicted molar refractivity (Wildman–Crippen MR) is 111 cm³/mol. The highest BCUT2D eigenvalue weighted by Crippen LogP contribution is 2.35. The summed E-state index contributed by atoms with van der Waals surface area (Å²) in [5.41, 5.74) is -1.83. The van der Waals surface area contributed by atoms with Crippen LogP contribution in [0.2, 0.25) is 0 Å². The maximum atomic E-state index is 12.7. The van der Waals surface area contributed by atoms with E-state index in [4.69, 9.17) is 4.74 Å². The molecule has 0 saturated carbocycles. The molecule has 2 aliphatic rings. The lowest BCUT2D eigenvalue weighted by molar-refractivity contribution is -0.147. The highest BCUT2D eigenvalue weighted by Gasteiger charge is 2.54. The van der Waals surface area contributed by atoms with E-state index in [0.29, 0.717) is 6.42 Å². The number of aliphatic hydroxyl groups excluding tert-OH is 1. The van der Waals surface area contributed by atoms with Gasteiger partial charge >= 0.3 is 12.1 Å². The molecule has 0 aromatic heterocycles. The van der Waals surface area contributed by atoms with E-state index < -0.39 is 36.6 Å². The van der Waals surface area contributed by atoms with Gasteiger partial charge in [0.25, 0.3) is 0 Å². The van der Waals surface area contributed by atoms with Crippen LogP contribution in [-0.4, -0.2) is 76.1 Å². The zero-order valence-electron chi connectivity index (χ0n) is 18.3. The minimum atomic E-state index is -1.83. The van der Waals surface area contributed by atoms with Gasteiger partial charge < -0.3 is 19.8 Å². The molecule has 9 heteroatoms. The number of ether oxygens (including phenoxy) is 1. The van der Waals surface area contributed by atoms with Crippen molar-refractivity contribution in [1.29, 1.82) is 0 Å². The molecule has 0 bridgehead atoms. The molecular formula is C21H37N3O6. The van der Waals surface area contributed by atoms with Gasteiger partial charge in [-0.3, -0.25) is 15.0 Å². The number of Topliss-reactive ketones (excluding diaryl/α,β-unsaturated/α-hetero) is 1. The van der Waals surface area contributed by atoms with E-state index in [1.54, 1.807) is 0 Å². The van der Waals surface area contributed by atoms with Crippen LogP contribution in [0.3, 0.4) is 0 Å². The number of imide groups is 1. The second-order valence-electron chi connectivity index (χ2n) is 8.44. The first kappa shape index (κ1) is 24.6. The van der Waals surface area contributed by atoms with E-state index in [-0.39, 0.29) is 25.3 Å². The molecule has 2 saturated heterocycles. The van der Waals surface area contributed by atoms with Crippen LogP contribution in [-0.2, 0) is 9.53 Å². The molecule has 0 radical (unpaired) electrons. The average molecular weight is 428 g/mol. The highest BCUT2D eigenvalue weighted by molar-refractivity contribution is 5.95. The van der Waals surface area contributed by atoms with Gasteiger partial charge in [0, 0.05) is 19.9 Å². The molecule has 0 unspecified atom stereocenters. The number of urea groups is 2. The molecule has 0 spiro atoms. The summed E-state index contributed by atoms with van der Waals surface area (Å²) in [6.45, 7) is 1.65. The van der Waals surface area contributed by atoms with Crippen molar-refractivity contribution in [3.8, 4) is 0 Å². The molecule has 172 valence electrons. The highest BCUT2D eigenvalue weighted by atomic mass is 16.6. The number of ketones is 1. The Hall–Kier alpha value is -1.71. The summed E-state index contributed by atoms with van der Waals surface area (Å²) in [4.78, 5) is 39.0. The smallest absolute Gasteiger partial charge is 0.328 e. The summed E-state index contributed by atoms with van der Waals surface area (Å²) in [5.74, 6) is -0.367. The van der Waals surface area contributed by atoms with Gasteiger partial charge in [-0.05, 0) is 6.42 Å². The second-order valence-corrected chi connectivity index (χ2v) is 8.44. The van der Waals surface area contributed by atoms with Gasteiger partial charge in [-0.2, -0.15) is 0 Å².